The first kappa shape index (κ1) is 39.8. The lowest BCUT2D eigenvalue weighted by molar-refractivity contribution is -0.145. The topological polar surface area (TPSA) is 181 Å². The van der Waals surface area contributed by atoms with Crippen LogP contribution in [0.25, 0.3) is 32.3 Å². The molecular weight excluding hydrogens is 769 g/mol. The zero-order chi connectivity index (χ0) is 41.8. The van der Waals surface area contributed by atoms with Crippen LogP contribution in [0.2, 0.25) is 0 Å². The molecule has 15 heteroatoms. The minimum atomic E-state index is -0.652. The summed E-state index contributed by atoms with van der Waals surface area (Å²) in [5.41, 5.74) is 1.30. The lowest BCUT2D eigenvalue weighted by Gasteiger charge is -2.17. The smallest absolute Gasteiger partial charge is 0.333 e. The second kappa shape index (κ2) is 18.7. The molecule has 0 spiro atoms. The van der Waals surface area contributed by atoms with Crippen LogP contribution >= 0.6 is 0 Å². The number of esters is 3. The molecule has 0 saturated carbocycles. The Hall–Kier alpha value is -8.46. The summed E-state index contributed by atoms with van der Waals surface area (Å²) in [7, 11) is 0. The number of anilines is 6. The monoisotopic (exact) mass is 804 g/mol. The van der Waals surface area contributed by atoms with E-state index < -0.39 is 38.3 Å². The fourth-order valence-corrected chi connectivity index (χ4v) is 5.84. The summed E-state index contributed by atoms with van der Waals surface area (Å²) in [5, 5.41) is 14.9. The number of hydrogen-bond donors (Lipinski definition) is 3. The van der Waals surface area contributed by atoms with Crippen molar-refractivity contribution >= 4 is 85.1 Å². The van der Waals surface area contributed by atoms with Gasteiger partial charge in [-0.1, -0.05) is 92.5 Å². The van der Waals surface area contributed by atoms with Gasteiger partial charge in [-0.3, -0.25) is 0 Å². The van der Waals surface area contributed by atoms with Crippen LogP contribution in [0.1, 0.15) is 0 Å². The second-order valence-corrected chi connectivity index (χ2v) is 12.6. The molecule has 60 heavy (non-hydrogen) atoms. The van der Waals surface area contributed by atoms with Crippen LogP contribution in [0, 0.1) is 0 Å². The van der Waals surface area contributed by atoms with Gasteiger partial charge in [-0.05, 0) is 68.7 Å². The third-order valence-electron chi connectivity index (χ3n) is 8.67. The molecule has 0 saturated heterocycles. The number of carbonyl (C=O) groups is 3. The molecule has 0 aliphatic heterocycles. The molecule has 7 aromatic rings. The molecule has 1 heterocycles. The maximum Gasteiger partial charge on any atom is 0.333 e. The van der Waals surface area contributed by atoms with E-state index in [-0.39, 0.29) is 17.8 Å². The van der Waals surface area contributed by atoms with Gasteiger partial charge in [-0.25, -0.2) is 14.4 Å². The zero-order valence-corrected chi connectivity index (χ0v) is 31.9. The molecule has 300 valence electrons. The molecule has 7 rings (SSSR count). The van der Waals surface area contributed by atoms with Crippen molar-refractivity contribution in [2.75, 3.05) is 36.3 Å². The SMILES string of the molecule is C=CC(=O)OCOc1cc2ccccc2cc1Nc1nc(Nc2cc3ccccc3cc2OCOC(=O)C=C)nc(Nc2cc3ccccc3cc2OCOC(=O)C=C)n1. The van der Waals surface area contributed by atoms with Crippen molar-refractivity contribution in [3.05, 3.63) is 147 Å². The van der Waals surface area contributed by atoms with Gasteiger partial charge in [0.05, 0.1) is 17.1 Å². The van der Waals surface area contributed by atoms with E-state index in [1.807, 2.05) is 91.0 Å². The van der Waals surface area contributed by atoms with Gasteiger partial charge in [0.25, 0.3) is 0 Å². The van der Waals surface area contributed by atoms with E-state index >= 15 is 0 Å². The third kappa shape index (κ3) is 9.91. The van der Waals surface area contributed by atoms with Gasteiger partial charge in [0.15, 0.2) is 0 Å². The average molecular weight is 805 g/mol. The van der Waals surface area contributed by atoms with E-state index in [1.54, 1.807) is 18.2 Å². The molecular formula is C45H36N6O9. The number of benzene rings is 6. The summed E-state index contributed by atoms with van der Waals surface area (Å²) < 4.78 is 33.0. The van der Waals surface area contributed by atoms with Crippen molar-refractivity contribution in [1.29, 1.82) is 0 Å². The summed E-state index contributed by atoms with van der Waals surface area (Å²) in [6.45, 7) is 9.10. The van der Waals surface area contributed by atoms with Crippen molar-refractivity contribution in [3.63, 3.8) is 0 Å². The van der Waals surface area contributed by atoms with E-state index in [2.05, 4.69) is 35.7 Å². The maximum atomic E-state index is 11.8. The number of ether oxygens (including phenoxy) is 6. The van der Waals surface area contributed by atoms with Gasteiger partial charge in [-0.2, -0.15) is 15.0 Å². The summed E-state index contributed by atoms with van der Waals surface area (Å²) >= 11 is 0. The number of hydrogen-bond acceptors (Lipinski definition) is 15. The predicted molar refractivity (Wildman–Crippen MR) is 227 cm³/mol. The molecule has 0 fully saturated rings. The highest BCUT2D eigenvalue weighted by Gasteiger charge is 2.17. The number of nitrogens with zero attached hydrogens (tertiary/aromatic N) is 3. The highest BCUT2D eigenvalue weighted by atomic mass is 16.7. The normalized spacial score (nSPS) is 10.6. The molecule has 0 atom stereocenters. The highest BCUT2D eigenvalue weighted by Crippen LogP contribution is 2.37. The molecule has 0 amide bonds. The molecule has 6 aromatic carbocycles. The fourth-order valence-electron chi connectivity index (χ4n) is 5.84. The van der Waals surface area contributed by atoms with Crippen molar-refractivity contribution in [1.82, 2.24) is 15.0 Å². The number of aromatic nitrogens is 3. The van der Waals surface area contributed by atoms with Crippen molar-refractivity contribution in [2.24, 2.45) is 0 Å². The zero-order valence-electron chi connectivity index (χ0n) is 31.9. The van der Waals surface area contributed by atoms with E-state index in [0.29, 0.717) is 34.3 Å². The molecule has 0 aliphatic carbocycles. The summed E-state index contributed by atoms with van der Waals surface area (Å²) in [5.74, 6) is -0.794. The van der Waals surface area contributed by atoms with Gasteiger partial charge < -0.3 is 44.4 Å². The minimum Gasteiger partial charge on any atom is -0.455 e. The first-order valence-corrected chi connectivity index (χ1v) is 18.2. The van der Waals surface area contributed by atoms with Crippen molar-refractivity contribution < 1.29 is 42.8 Å². The molecule has 0 unspecified atom stereocenters. The maximum absolute atomic E-state index is 11.8. The van der Waals surface area contributed by atoms with Gasteiger partial charge in [0.2, 0.25) is 38.2 Å². The van der Waals surface area contributed by atoms with Gasteiger partial charge >= 0.3 is 17.9 Å². The molecule has 0 radical (unpaired) electrons. The van der Waals surface area contributed by atoms with Crippen molar-refractivity contribution in [2.45, 2.75) is 0 Å². The van der Waals surface area contributed by atoms with E-state index in [0.717, 1.165) is 50.5 Å². The van der Waals surface area contributed by atoms with Crippen LogP contribution in [0.15, 0.2) is 147 Å². The van der Waals surface area contributed by atoms with Gasteiger partial charge in [0, 0.05) is 18.2 Å². The number of fused-ring (bicyclic) bond motifs is 3. The van der Waals surface area contributed by atoms with Gasteiger partial charge in [-0.15, -0.1) is 0 Å². The second-order valence-electron chi connectivity index (χ2n) is 12.6. The quantitative estimate of drug-likeness (QED) is 0.0324. The summed E-state index contributed by atoms with van der Waals surface area (Å²) in [6, 6.07) is 33.8. The summed E-state index contributed by atoms with van der Waals surface area (Å²) in [4.78, 5) is 49.6. The van der Waals surface area contributed by atoms with Crippen LogP contribution in [0.4, 0.5) is 34.9 Å². The first-order chi connectivity index (χ1) is 29.3. The Kier molecular flexibility index (Phi) is 12.4. The highest BCUT2D eigenvalue weighted by molar-refractivity contribution is 5.92. The van der Waals surface area contributed by atoms with Crippen LogP contribution in [-0.4, -0.2) is 53.2 Å². The van der Waals surface area contributed by atoms with Crippen LogP contribution in [0.5, 0.6) is 17.2 Å². The number of rotatable bonds is 18. The Morgan fingerprint density at radius 2 is 0.683 bits per heavy atom. The average Bonchev–Trinajstić information content (AvgIpc) is 3.26. The first-order valence-electron chi connectivity index (χ1n) is 18.2. The van der Waals surface area contributed by atoms with E-state index in [1.165, 1.54) is 0 Å². The Balaban J connectivity index is 1.30. The standard InChI is InChI=1S/C45H36N6O9/c1-4-40(52)58-25-55-37-22-31-16-10-7-13-28(31)19-34(37)46-43-49-44(47-35-20-29-14-8-11-17-32(29)23-38(35)56-26-59-41(53)5-2)51-45(50-43)48-36-21-30-15-9-12-18-33(30)24-39(36)57-27-60-42(54)6-3/h4-24H,1-3,25-27H2,(H3,46,47,48,49,50,51). The van der Waals surface area contributed by atoms with Crippen molar-refractivity contribution in [3.8, 4) is 17.2 Å². The predicted octanol–water partition coefficient (Wildman–Crippen LogP) is 8.76. The van der Waals surface area contributed by atoms with E-state index in [9.17, 15) is 14.4 Å². The van der Waals surface area contributed by atoms with E-state index in [4.69, 9.17) is 43.4 Å². The number of carbonyl (C=O) groups excluding carboxylic acids is 3. The third-order valence-corrected chi connectivity index (χ3v) is 8.67. The molecule has 15 nitrogen and oxygen atoms in total. The Morgan fingerprint density at radius 1 is 0.433 bits per heavy atom. The molecule has 1 aromatic heterocycles. The molecule has 0 bridgehead atoms. The van der Waals surface area contributed by atoms with Crippen LogP contribution < -0.4 is 30.2 Å². The lowest BCUT2D eigenvalue weighted by Crippen LogP contribution is -2.12. The Labute approximate surface area is 342 Å². The van der Waals surface area contributed by atoms with Crippen LogP contribution in [0.3, 0.4) is 0 Å². The Bertz CT molecular complexity index is 2470. The fraction of sp³-hybridized carbons (Fsp3) is 0.0667. The van der Waals surface area contributed by atoms with Crippen LogP contribution in [-0.2, 0) is 28.6 Å². The Morgan fingerprint density at radius 3 is 0.933 bits per heavy atom. The number of nitrogens with one attached hydrogen (secondary N) is 3. The molecule has 3 N–H and O–H groups in total. The largest absolute Gasteiger partial charge is 0.455 e. The van der Waals surface area contributed by atoms with Gasteiger partial charge in [0.1, 0.15) is 17.2 Å². The summed E-state index contributed by atoms with van der Waals surface area (Å²) in [6.07, 6.45) is 3.11. The molecule has 0 aliphatic rings. The lowest BCUT2D eigenvalue weighted by atomic mass is 10.1. The minimum absolute atomic E-state index is 0.0598.